The van der Waals surface area contributed by atoms with Gasteiger partial charge in [0, 0.05) is 45.7 Å². The monoisotopic (exact) mass is 386 g/mol. The zero-order valence-corrected chi connectivity index (χ0v) is 16.9. The van der Waals surface area contributed by atoms with Crippen molar-refractivity contribution in [2.45, 2.75) is 26.2 Å². The Morgan fingerprint density at radius 3 is 2.46 bits per heavy atom. The predicted octanol–water partition coefficient (Wildman–Crippen LogP) is 1.12. The van der Waals surface area contributed by atoms with Crippen molar-refractivity contribution in [2.75, 3.05) is 52.9 Å². The second-order valence-corrected chi connectivity index (χ2v) is 7.76. The van der Waals surface area contributed by atoms with E-state index in [9.17, 15) is 14.4 Å². The van der Waals surface area contributed by atoms with Crippen LogP contribution in [0, 0.1) is 6.92 Å². The summed E-state index contributed by atoms with van der Waals surface area (Å²) in [5.74, 6) is -0.533. The van der Waals surface area contributed by atoms with Crippen LogP contribution < -0.4 is 5.32 Å². The van der Waals surface area contributed by atoms with Gasteiger partial charge in [-0.2, -0.15) is 0 Å². The number of benzene rings is 1. The highest BCUT2D eigenvalue weighted by molar-refractivity contribution is 6.21. The third-order valence-corrected chi connectivity index (χ3v) is 5.48. The van der Waals surface area contributed by atoms with Crippen LogP contribution in [0.3, 0.4) is 0 Å². The predicted molar refractivity (Wildman–Crippen MR) is 107 cm³/mol. The molecule has 3 amide bonds. The molecule has 152 valence electrons. The molecule has 1 saturated heterocycles. The normalized spacial score (nSPS) is 17.9. The molecule has 1 aromatic rings. The van der Waals surface area contributed by atoms with Crippen molar-refractivity contribution in [3.05, 3.63) is 34.9 Å². The summed E-state index contributed by atoms with van der Waals surface area (Å²) >= 11 is 0. The van der Waals surface area contributed by atoms with Gasteiger partial charge in [-0.1, -0.05) is 11.6 Å². The zero-order chi connectivity index (χ0) is 20.1. The second kappa shape index (κ2) is 9.30. The van der Waals surface area contributed by atoms with Gasteiger partial charge in [0.25, 0.3) is 11.8 Å². The molecule has 7 heteroatoms. The highest BCUT2D eigenvalue weighted by Crippen LogP contribution is 2.24. The van der Waals surface area contributed by atoms with E-state index in [0.29, 0.717) is 30.5 Å². The van der Waals surface area contributed by atoms with E-state index in [1.807, 2.05) is 13.0 Å². The van der Waals surface area contributed by atoms with E-state index in [-0.39, 0.29) is 24.3 Å². The number of nitrogens with one attached hydrogen (secondary N) is 1. The van der Waals surface area contributed by atoms with E-state index >= 15 is 0 Å². The number of aryl methyl sites for hydroxylation is 1. The van der Waals surface area contributed by atoms with Gasteiger partial charge in [0.2, 0.25) is 5.91 Å². The first-order valence-corrected chi connectivity index (χ1v) is 10.1. The molecular formula is C21H30N4O3. The van der Waals surface area contributed by atoms with Crippen molar-refractivity contribution < 1.29 is 14.4 Å². The Morgan fingerprint density at radius 1 is 1.00 bits per heavy atom. The van der Waals surface area contributed by atoms with E-state index in [1.54, 1.807) is 12.1 Å². The smallest absolute Gasteiger partial charge is 0.261 e. The highest BCUT2D eigenvalue weighted by Gasteiger charge is 2.34. The van der Waals surface area contributed by atoms with E-state index < -0.39 is 0 Å². The minimum Gasteiger partial charge on any atom is -0.356 e. The first-order valence-electron chi connectivity index (χ1n) is 10.1. The fourth-order valence-corrected chi connectivity index (χ4v) is 3.70. The maximum absolute atomic E-state index is 12.4. The van der Waals surface area contributed by atoms with Gasteiger partial charge < -0.3 is 15.1 Å². The number of likely N-dealkylation sites (N-methyl/N-ethyl adjacent to an activating group) is 1. The number of rotatable bonds is 8. The minimum atomic E-state index is -0.257. The molecule has 0 saturated carbocycles. The van der Waals surface area contributed by atoms with Crippen molar-refractivity contribution in [1.82, 2.24) is 20.0 Å². The van der Waals surface area contributed by atoms with Crippen LogP contribution in [0.15, 0.2) is 18.2 Å². The summed E-state index contributed by atoms with van der Waals surface area (Å²) in [6.45, 7) is 8.22. The molecule has 0 aromatic heterocycles. The Kier molecular flexibility index (Phi) is 6.80. The first-order chi connectivity index (χ1) is 13.5. The summed E-state index contributed by atoms with van der Waals surface area (Å²) in [7, 11) is 2.14. The number of hydrogen-bond acceptors (Lipinski definition) is 5. The summed E-state index contributed by atoms with van der Waals surface area (Å²) in [6.07, 6.45) is 1.74. The van der Waals surface area contributed by atoms with E-state index in [1.165, 1.54) is 4.90 Å². The molecule has 1 aromatic carbocycles. The van der Waals surface area contributed by atoms with Crippen LogP contribution in [0.2, 0.25) is 0 Å². The van der Waals surface area contributed by atoms with Crippen LogP contribution in [0.25, 0.3) is 0 Å². The van der Waals surface area contributed by atoms with Crippen LogP contribution >= 0.6 is 0 Å². The first kappa shape index (κ1) is 20.5. The van der Waals surface area contributed by atoms with Gasteiger partial charge in [-0.15, -0.1) is 0 Å². The topological polar surface area (TPSA) is 73.0 Å². The molecule has 7 nitrogen and oxygen atoms in total. The lowest BCUT2D eigenvalue weighted by molar-refractivity contribution is -0.121. The fourth-order valence-electron chi connectivity index (χ4n) is 3.70. The molecular weight excluding hydrogens is 356 g/mol. The Balaban J connectivity index is 1.32. The number of fused-ring (bicyclic) bond motifs is 1. The molecule has 28 heavy (non-hydrogen) atoms. The Hall–Kier alpha value is -2.25. The van der Waals surface area contributed by atoms with Crippen molar-refractivity contribution in [3.8, 4) is 0 Å². The van der Waals surface area contributed by atoms with E-state index in [4.69, 9.17) is 0 Å². The van der Waals surface area contributed by atoms with Gasteiger partial charge in [0.1, 0.15) is 0 Å². The minimum absolute atomic E-state index is 0.0224. The van der Waals surface area contributed by atoms with Gasteiger partial charge >= 0.3 is 0 Å². The molecule has 0 bridgehead atoms. The largest absolute Gasteiger partial charge is 0.356 e. The second-order valence-electron chi connectivity index (χ2n) is 7.76. The molecule has 0 radical (unpaired) electrons. The summed E-state index contributed by atoms with van der Waals surface area (Å²) in [5.41, 5.74) is 1.89. The summed E-state index contributed by atoms with van der Waals surface area (Å²) in [4.78, 5) is 42.8. The van der Waals surface area contributed by atoms with Crippen molar-refractivity contribution in [2.24, 2.45) is 0 Å². The third kappa shape index (κ3) is 4.97. The number of nitrogens with zero attached hydrogens (tertiary/aromatic N) is 3. The summed E-state index contributed by atoms with van der Waals surface area (Å²) in [6, 6.07) is 5.30. The van der Waals surface area contributed by atoms with Crippen LogP contribution in [-0.4, -0.2) is 85.3 Å². The Morgan fingerprint density at radius 2 is 1.71 bits per heavy atom. The highest BCUT2D eigenvalue weighted by atomic mass is 16.2. The Bertz CT molecular complexity index is 741. The number of amides is 3. The van der Waals surface area contributed by atoms with Gasteiger partial charge in [0.15, 0.2) is 0 Å². The maximum atomic E-state index is 12.4. The summed E-state index contributed by atoms with van der Waals surface area (Å²) in [5, 5.41) is 2.94. The number of hydrogen-bond donors (Lipinski definition) is 1. The lowest BCUT2D eigenvalue weighted by Crippen LogP contribution is -2.45. The third-order valence-electron chi connectivity index (χ3n) is 5.48. The molecule has 0 atom stereocenters. The molecule has 0 aliphatic carbocycles. The molecule has 3 rings (SSSR count). The molecule has 2 aliphatic heterocycles. The van der Waals surface area contributed by atoms with Crippen LogP contribution in [0.5, 0.6) is 0 Å². The van der Waals surface area contributed by atoms with Gasteiger partial charge in [-0.05, 0) is 45.5 Å². The van der Waals surface area contributed by atoms with Crippen LogP contribution in [0.1, 0.15) is 45.5 Å². The molecule has 0 unspecified atom stereocenters. The molecule has 0 spiro atoms. The molecule has 1 fully saturated rings. The van der Waals surface area contributed by atoms with Crippen molar-refractivity contribution in [3.63, 3.8) is 0 Å². The SMILES string of the molecule is Cc1ccc2c(c1)C(=O)N(CCCC(=O)NCCCN1CCN(C)CC1)C2=O. The number of carbonyl (C=O) groups excluding carboxylic acids is 3. The average molecular weight is 386 g/mol. The fraction of sp³-hybridized carbons (Fsp3) is 0.571. The zero-order valence-electron chi connectivity index (χ0n) is 16.9. The quantitative estimate of drug-likeness (QED) is 0.536. The van der Waals surface area contributed by atoms with E-state index in [0.717, 1.165) is 44.7 Å². The van der Waals surface area contributed by atoms with Gasteiger partial charge in [0.05, 0.1) is 11.1 Å². The van der Waals surface area contributed by atoms with Crippen molar-refractivity contribution in [1.29, 1.82) is 0 Å². The lowest BCUT2D eigenvalue weighted by Gasteiger charge is -2.32. The van der Waals surface area contributed by atoms with E-state index in [2.05, 4.69) is 22.2 Å². The average Bonchev–Trinajstić information content (AvgIpc) is 2.91. The molecule has 2 heterocycles. The maximum Gasteiger partial charge on any atom is 0.261 e. The van der Waals surface area contributed by atoms with Crippen LogP contribution in [-0.2, 0) is 4.79 Å². The number of imide groups is 1. The van der Waals surface area contributed by atoms with Crippen molar-refractivity contribution >= 4 is 17.7 Å². The number of carbonyl (C=O) groups is 3. The Labute approximate surface area is 166 Å². The lowest BCUT2D eigenvalue weighted by atomic mass is 10.1. The van der Waals surface area contributed by atoms with Crippen LogP contribution in [0.4, 0.5) is 0 Å². The number of piperazine rings is 1. The standard InChI is InChI=1S/C21H30N4O3/c1-16-6-7-17-18(15-16)21(28)25(20(17)27)10-3-5-19(26)22-8-4-9-24-13-11-23(2)12-14-24/h6-7,15H,3-5,8-14H2,1-2H3,(H,22,26). The molecule has 1 N–H and O–H groups in total. The van der Waals surface area contributed by atoms with Gasteiger partial charge in [-0.3, -0.25) is 19.3 Å². The molecule has 2 aliphatic rings. The summed E-state index contributed by atoms with van der Waals surface area (Å²) < 4.78 is 0. The van der Waals surface area contributed by atoms with Gasteiger partial charge in [-0.25, -0.2) is 0 Å².